The van der Waals surface area contributed by atoms with Gasteiger partial charge < -0.3 is 15.2 Å². The largest absolute Gasteiger partial charge is 0.486 e. The molecule has 0 saturated carbocycles. The molecule has 2 N–H and O–H groups in total. The molecule has 1 aromatic carbocycles. The van der Waals surface area contributed by atoms with Gasteiger partial charge in [-0.1, -0.05) is 17.7 Å². The molecule has 3 aromatic rings. The van der Waals surface area contributed by atoms with Gasteiger partial charge in [-0.2, -0.15) is 5.10 Å². The highest BCUT2D eigenvalue weighted by Crippen LogP contribution is 2.17. The van der Waals surface area contributed by atoms with E-state index in [4.69, 9.17) is 9.84 Å². The van der Waals surface area contributed by atoms with Crippen LogP contribution in [0.25, 0.3) is 0 Å². The van der Waals surface area contributed by atoms with Crippen molar-refractivity contribution in [2.45, 2.75) is 26.6 Å². The summed E-state index contributed by atoms with van der Waals surface area (Å²) >= 11 is 1.59. The minimum Gasteiger partial charge on any atom is -0.486 e. The van der Waals surface area contributed by atoms with Gasteiger partial charge >= 0.3 is 0 Å². The Bertz CT molecular complexity index is 767. The summed E-state index contributed by atoms with van der Waals surface area (Å²) in [7, 11) is 0. The molecule has 0 radical (unpaired) electrons. The molecule has 0 aliphatic heterocycles. The van der Waals surface area contributed by atoms with Crippen molar-refractivity contribution >= 4 is 17.0 Å². The Labute approximate surface area is 144 Å². The van der Waals surface area contributed by atoms with Crippen LogP contribution in [-0.2, 0) is 19.7 Å². The SMILES string of the molecule is Cc1ccc(OCc2nc(CNc3cnn(CCO)c3)cs2)cc1. The number of thiazole rings is 1. The number of anilines is 1. The quantitative estimate of drug-likeness (QED) is 0.657. The Morgan fingerprint density at radius 1 is 1.29 bits per heavy atom. The van der Waals surface area contributed by atoms with Crippen LogP contribution < -0.4 is 10.1 Å². The number of aromatic nitrogens is 3. The predicted octanol–water partition coefficient (Wildman–Crippen LogP) is 2.83. The van der Waals surface area contributed by atoms with Crippen LogP contribution in [0.4, 0.5) is 5.69 Å². The molecule has 126 valence electrons. The van der Waals surface area contributed by atoms with E-state index in [-0.39, 0.29) is 6.61 Å². The number of nitrogens with zero attached hydrogens (tertiary/aromatic N) is 3. The van der Waals surface area contributed by atoms with E-state index in [1.54, 1.807) is 22.2 Å². The lowest BCUT2D eigenvalue weighted by Crippen LogP contribution is -2.02. The second-order valence-electron chi connectivity index (χ2n) is 5.40. The van der Waals surface area contributed by atoms with Crippen LogP contribution in [0.2, 0.25) is 0 Å². The number of hydrogen-bond donors (Lipinski definition) is 2. The molecule has 0 atom stereocenters. The van der Waals surface area contributed by atoms with E-state index in [1.165, 1.54) is 5.56 Å². The second kappa shape index (κ2) is 7.94. The molecule has 0 aliphatic carbocycles. The highest BCUT2D eigenvalue weighted by molar-refractivity contribution is 7.09. The number of benzene rings is 1. The highest BCUT2D eigenvalue weighted by atomic mass is 32.1. The van der Waals surface area contributed by atoms with Gasteiger partial charge in [0.1, 0.15) is 17.4 Å². The van der Waals surface area contributed by atoms with Crippen LogP contribution in [0.5, 0.6) is 5.75 Å². The Kier molecular flexibility index (Phi) is 5.45. The van der Waals surface area contributed by atoms with Gasteiger partial charge in [0.05, 0.1) is 37.3 Å². The minimum atomic E-state index is 0.0809. The zero-order valence-corrected chi connectivity index (χ0v) is 14.3. The molecule has 6 nitrogen and oxygen atoms in total. The van der Waals surface area contributed by atoms with Gasteiger partial charge in [0.15, 0.2) is 0 Å². The monoisotopic (exact) mass is 344 g/mol. The van der Waals surface area contributed by atoms with E-state index in [0.717, 1.165) is 22.1 Å². The zero-order chi connectivity index (χ0) is 16.8. The molecule has 3 rings (SSSR count). The van der Waals surface area contributed by atoms with Crippen molar-refractivity contribution in [2.75, 3.05) is 11.9 Å². The number of hydrogen-bond acceptors (Lipinski definition) is 6. The molecule has 0 aliphatic rings. The highest BCUT2D eigenvalue weighted by Gasteiger charge is 2.04. The topological polar surface area (TPSA) is 72.2 Å². The average Bonchev–Trinajstić information content (AvgIpc) is 3.22. The van der Waals surface area contributed by atoms with Gasteiger partial charge in [-0.25, -0.2) is 4.98 Å². The first-order valence-electron chi connectivity index (χ1n) is 7.73. The molecular formula is C17H20N4O2S. The van der Waals surface area contributed by atoms with Crippen molar-refractivity contribution in [1.82, 2.24) is 14.8 Å². The maximum atomic E-state index is 8.88. The molecule has 0 fully saturated rings. The first kappa shape index (κ1) is 16.5. The van der Waals surface area contributed by atoms with E-state index in [0.29, 0.717) is 19.7 Å². The van der Waals surface area contributed by atoms with Crippen LogP contribution in [0, 0.1) is 6.92 Å². The smallest absolute Gasteiger partial charge is 0.140 e. The number of aliphatic hydroxyl groups is 1. The lowest BCUT2D eigenvalue weighted by molar-refractivity contribution is 0.269. The molecule has 0 bridgehead atoms. The standard InChI is InChI=1S/C17H20N4O2S/c1-13-2-4-16(5-3-13)23-11-17-20-15(12-24-17)8-18-14-9-19-21(10-14)6-7-22/h2-5,9-10,12,18,22H,6-8,11H2,1H3. The molecule has 0 amide bonds. The number of aryl methyl sites for hydroxylation is 1. The van der Waals surface area contributed by atoms with Gasteiger partial charge in [-0.15, -0.1) is 11.3 Å². The van der Waals surface area contributed by atoms with Crippen molar-refractivity contribution in [3.05, 3.63) is 58.3 Å². The summed E-state index contributed by atoms with van der Waals surface area (Å²) in [5, 5.41) is 19.3. The van der Waals surface area contributed by atoms with Crippen molar-refractivity contribution in [3.8, 4) is 5.75 Å². The summed E-state index contributed by atoms with van der Waals surface area (Å²) in [6.07, 6.45) is 3.60. The van der Waals surface area contributed by atoms with Gasteiger partial charge in [-0.3, -0.25) is 4.68 Å². The molecule has 0 saturated heterocycles. The Balaban J connectivity index is 1.48. The van der Waals surface area contributed by atoms with Crippen molar-refractivity contribution in [2.24, 2.45) is 0 Å². The van der Waals surface area contributed by atoms with E-state index >= 15 is 0 Å². The fraction of sp³-hybridized carbons (Fsp3) is 0.294. The summed E-state index contributed by atoms with van der Waals surface area (Å²) in [6, 6.07) is 8.00. The molecular weight excluding hydrogens is 324 g/mol. The summed E-state index contributed by atoms with van der Waals surface area (Å²) in [5.74, 6) is 0.853. The second-order valence-corrected chi connectivity index (χ2v) is 6.35. The number of nitrogens with one attached hydrogen (secondary N) is 1. The Morgan fingerprint density at radius 3 is 2.92 bits per heavy atom. The molecule has 2 heterocycles. The van der Waals surface area contributed by atoms with Crippen molar-refractivity contribution < 1.29 is 9.84 Å². The number of ether oxygens (including phenoxy) is 1. The fourth-order valence-corrected chi connectivity index (χ4v) is 2.85. The van der Waals surface area contributed by atoms with Crippen LogP contribution in [0.1, 0.15) is 16.3 Å². The third-order valence-electron chi connectivity index (χ3n) is 3.42. The van der Waals surface area contributed by atoms with Crippen molar-refractivity contribution in [3.63, 3.8) is 0 Å². The fourth-order valence-electron chi connectivity index (χ4n) is 2.15. The lowest BCUT2D eigenvalue weighted by atomic mass is 10.2. The third kappa shape index (κ3) is 4.56. The van der Waals surface area contributed by atoms with Gasteiger partial charge in [0.25, 0.3) is 0 Å². The van der Waals surface area contributed by atoms with Crippen LogP contribution in [-0.4, -0.2) is 26.5 Å². The summed E-state index contributed by atoms with van der Waals surface area (Å²) in [5.41, 5.74) is 3.10. The lowest BCUT2D eigenvalue weighted by Gasteiger charge is -2.04. The zero-order valence-electron chi connectivity index (χ0n) is 13.5. The summed E-state index contributed by atoms with van der Waals surface area (Å²) in [4.78, 5) is 4.56. The van der Waals surface area contributed by atoms with E-state index in [9.17, 15) is 0 Å². The first-order chi connectivity index (χ1) is 11.7. The van der Waals surface area contributed by atoms with Crippen LogP contribution >= 0.6 is 11.3 Å². The Morgan fingerprint density at radius 2 is 2.12 bits per heavy atom. The van der Waals surface area contributed by atoms with Gasteiger partial charge in [-0.05, 0) is 19.1 Å². The van der Waals surface area contributed by atoms with Crippen LogP contribution in [0.3, 0.4) is 0 Å². The first-order valence-corrected chi connectivity index (χ1v) is 8.61. The van der Waals surface area contributed by atoms with E-state index in [2.05, 4.69) is 22.3 Å². The third-order valence-corrected chi connectivity index (χ3v) is 4.29. The van der Waals surface area contributed by atoms with E-state index in [1.807, 2.05) is 35.8 Å². The minimum absolute atomic E-state index is 0.0809. The maximum Gasteiger partial charge on any atom is 0.140 e. The molecule has 0 unspecified atom stereocenters. The van der Waals surface area contributed by atoms with Gasteiger partial charge in [0, 0.05) is 11.6 Å². The molecule has 2 aromatic heterocycles. The molecule has 7 heteroatoms. The van der Waals surface area contributed by atoms with Crippen molar-refractivity contribution in [1.29, 1.82) is 0 Å². The number of aliphatic hydroxyl groups excluding tert-OH is 1. The predicted molar refractivity (Wildman–Crippen MR) is 94.3 cm³/mol. The molecule has 0 spiro atoms. The van der Waals surface area contributed by atoms with Crippen LogP contribution in [0.15, 0.2) is 42.0 Å². The maximum absolute atomic E-state index is 8.88. The summed E-state index contributed by atoms with van der Waals surface area (Å²) < 4.78 is 7.44. The average molecular weight is 344 g/mol. The number of rotatable bonds is 8. The normalized spacial score (nSPS) is 10.8. The van der Waals surface area contributed by atoms with E-state index < -0.39 is 0 Å². The molecule has 24 heavy (non-hydrogen) atoms. The van der Waals surface area contributed by atoms with Gasteiger partial charge in [0.2, 0.25) is 0 Å². The Hall–Kier alpha value is -2.38. The summed E-state index contributed by atoms with van der Waals surface area (Å²) in [6.45, 7) is 3.74.